The summed E-state index contributed by atoms with van der Waals surface area (Å²) >= 11 is 3.42. The molecular formula is C26H19BrN2O4. The van der Waals surface area contributed by atoms with Gasteiger partial charge in [-0.15, -0.1) is 0 Å². The van der Waals surface area contributed by atoms with Crippen LogP contribution in [0.4, 0.5) is 5.69 Å². The monoisotopic (exact) mass is 502 g/mol. The maximum atomic E-state index is 12.9. The van der Waals surface area contributed by atoms with Crippen LogP contribution in [-0.4, -0.2) is 29.3 Å². The second kappa shape index (κ2) is 9.75. The molecule has 0 radical (unpaired) electrons. The third kappa shape index (κ3) is 5.32. The lowest BCUT2D eigenvalue weighted by Crippen LogP contribution is -2.21. The van der Waals surface area contributed by atoms with Crippen LogP contribution in [0.15, 0.2) is 83.3 Å². The van der Waals surface area contributed by atoms with E-state index in [1.54, 1.807) is 36.4 Å². The minimum Gasteiger partial charge on any atom is -0.452 e. The van der Waals surface area contributed by atoms with Gasteiger partial charge in [-0.05, 0) is 43.3 Å². The van der Waals surface area contributed by atoms with Crippen LogP contribution in [0, 0.1) is 0 Å². The molecule has 33 heavy (non-hydrogen) atoms. The van der Waals surface area contributed by atoms with E-state index < -0.39 is 18.5 Å². The Kier molecular flexibility index (Phi) is 6.60. The van der Waals surface area contributed by atoms with E-state index in [4.69, 9.17) is 4.74 Å². The summed E-state index contributed by atoms with van der Waals surface area (Å²) in [5.41, 5.74) is 3.38. The van der Waals surface area contributed by atoms with Crippen molar-refractivity contribution in [1.82, 2.24) is 4.98 Å². The number of anilines is 1. The number of ketones is 1. The summed E-state index contributed by atoms with van der Waals surface area (Å²) in [7, 11) is 0. The van der Waals surface area contributed by atoms with Crippen LogP contribution >= 0.6 is 15.9 Å². The van der Waals surface area contributed by atoms with Gasteiger partial charge in [0.15, 0.2) is 12.4 Å². The van der Waals surface area contributed by atoms with E-state index in [1.807, 2.05) is 42.5 Å². The number of esters is 1. The van der Waals surface area contributed by atoms with Crippen molar-refractivity contribution in [2.45, 2.75) is 6.92 Å². The van der Waals surface area contributed by atoms with E-state index in [9.17, 15) is 14.4 Å². The molecule has 0 atom stereocenters. The molecular weight excluding hydrogens is 484 g/mol. The van der Waals surface area contributed by atoms with Gasteiger partial charge in [-0.2, -0.15) is 0 Å². The van der Waals surface area contributed by atoms with Gasteiger partial charge in [0.1, 0.15) is 0 Å². The first kappa shape index (κ1) is 22.4. The lowest BCUT2D eigenvalue weighted by Gasteiger charge is -2.11. The number of halogens is 1. The van der Waals surface area contributed by atoms with Crippen molar-refractivity contribution in [1.29, 1.82) is 0 Å². The minimum atomic E-state index is -0.625. The normalized spacial score (nSPS) is 10.6. The number of Topliss-reactive ketones (excluding diaryl/α,β-unsaturated/α-hetero) is 1. The average molecular weight is 503 g/mol. The molecule has 0 aliphatic carbocycles. The Balaban J connectivity index is 1.54. The van der Waals surface area contributed by atoms with E-state index in [2.05, 4.69) is 26.2 Å². The van der Waals surface area contributed by atoms with E-state index in [0.717, 1.165) is 10.0 Å². The molecule has 0 spiro atoms. The van der Waals surface area contributed by atoms with Gasteiger partial charge < -0.3 is 10.1 Å². The molecule has 6 nitrogen and oxygen atoms in total. The first-order chi connectivity index (χ1) is 15.9. The van der Waals surface area contributed by atoms with Crippen molar-refractivity contribution in [3.8, 4) is 11.3 Å². The fourth-order valence-electron chi connectivity index (χ4n) is 3.33. The smallest absolute Gasteiger partial charge is 0.339 e. The zero-order valence-electron chi connectivity index (χ0n) is 17.7. The van der Waals surface area contributed by atoms with Gasteiger partial charge in [0.25, 0.3) is 5.91 Å². The minimum absolute atomic E-state index is 0.108. The lowest BCUT2D eigenvalue weighted by molar-refractivity contribution is -0.119. The molecule has 4 rings (SSSR count). The van der Waals surface area contributed by atoms with Crippen LogP contribution in [-0.2, 0) is 9.53 Å². The molecule has 0 unspecified atom stereocenters. The first-order valence-electron chi connectivity index (χ1n) is 10.1. The number of ether oxygens (including phenoxy) is 1. The Morgan fingerprint density at radius 1 is 0.939 bits per heavy atom. The van der Waals surface area contributed by atoms with Gasteiger partial charge in [0.05, 0.1) is 16.8 Å². The van der Waals surface area contributed by atoms with Crippen LogP contribution in [0.2, 0.25) is 0 Å². The number of rotatable bonds is 6. The summed E-state index contributed by atoms with van der Waals surface area (Å²) in [6.07, 6.45) is 0. The topological polar surface area (TPSA) is 85.4 Å². The van der Waals surface area contributed by atoms with Crippen LogP contribution < -0.4 is 5.32 Å². The molecule has 0 saturated heterocycles. The fourth-order valence-corrected chi connectivity index (χ4v) is 3.60. The molecule has 4 aromatic rings. The number of benzene rings is 3. The summed E-state index contributed by atoms with van der Waals surface area (Å²) in [6.45, 7) is 0.984. The molecule has 0 fully saturated rings. The van der Waals surface area contributed by atoms with Gasteiger partial charge in [-0.1, -0.05) is 58.4 Å². The van der Waals surface area contributed by atoms with Gasteiger partial charge in [0, 0.05) is 26.7 Å². The SMILES string of the molecule is CC(=O)c1cccc(NC(=O)COC(=O)c2cc(-c3ccc(Br)cc3)nc3ccccc23)c1. The number of nitrogens with one attached hydrogen (secondary N) is 1. The van der Waals surface area contributed by atoms with Crippen molar-refractivity contribution < 1.29 is 19.1 Å². The Morgan fingerprint density at radius 3 is 2.45 bits per heavy atom. The number of pyridine rings is 1. The Morgan fingerprint density at radius 2 is 1.70 bits per heavy atom. The lowest BCUT2D eigenvalue weighted by atomic mass is 10.0. The van der Waals surface area contributed by atoms with Crippen LogP contribution in [0.25, 0.3) is 22.2 Å². The van der Waals surface area contributed by atoms with Crippen LogP contribution in [0.3, 0.4) is 0 Å². The average Bonchev–Trinajstić information content (AvgIpc) is 2.82. The third-order valence-corrected chi connectivity index (χ3v) is 5.49. The third-order valence-electron chi connectivity index (χ3n) is 4.96. The number of carbonyl (C=O) groups is 3. The zero-order valence-corrected chi connectivity index (χ0v) is 19.3. The molecule has 0 aliphatic heterocycles. The van der Waals surface area contributed by atoms with Gasteiger partial charge >= 0.3 is 5.97 Å². The van der Waals surface area contributed by atoms with Crippen molar-refractivity contribution in [2.75, 3.05) is 11.9 Å². The van der Waals surface area contributed by atoms with Crippen molar-refractivity contribution in [3.05, 3.63) is 94.5 Å². The number of amides is 1. The molecule has 1 aromatic heterocycles. The highest BCUT2D eigenvalue weighted by molar-refractivity contribution is 9.10. The molecule has 0 aliphatic rings. The zero-order chi connectivity index (χ0) is 23.4. The maximum Gasteiger partial charge on any atom is 0.339 e. The quantitative estimate of drug-likeness (QED) is 0.271. The Labute approximate surface area is 198 Å². The number of carbonyl (C=O) groups excluding carboxylic acids is 3. The highest BCUT2D eigenvalue weighted by atomic mass is 79.9. The molecule has 0 saturated carbocycles. The van der Waals surface area contributed by atoms with Crippen molar-refractivity contribution in [3.63, 3.8) is 0 Å². The van der Waals surface area contributed by atoms with E-state index >= 15 is 0 Å². The van der Waals surface area contributed by atoms with E-state index in [-0.39, 0.29) is 5.78 Å². The number of para-hydroxylation sites is 1. The summed E-state index contributed by atoms with van der Waals surface area (Å²) < 4.78 is 6.24. The van der Waals surface area contributed by atoms with Gasteiger partial charge in [-0.25, -0.2) is 9.78 Å². The second-order valence-corrected chi connectivity index (χ2v) is 8.26. The molecule has 7 heteroatoms. The summed E-state index contributed by atoms with van der Waals surface area (Å²) in [4.78, 5) is 41.4. The van der Waals surface area contributed by atoms with Crippen molar-refractivity contribution >= 4 is 50.2 Å². The predicted molar refractivity (Wildman–Crippen MR) is 130 cm³/mol. The maximum absolute atomic E-state index is 12.9. The molecule has 164 valence electrons. The standard InChI is InChI=1S/C26H19BrN2O4/c1-16(30)18-5-4-6-20(13-18)28-25(31)15-33-26(32)22-14-24(17-9-11-19(27)12-10-17)29-23-8-3-2-7-21(22)23/h2-14H,15H2,1H3,(H,28,31). The number of fused-ring (bicyclic) bond motifs is 1. The van der Waals surface area contributed by atoms with E-state index in [0.29, 0.717) is 33.4 Å². The molecule has 1 N–H and O–H groups in total. The summed E-state index contributed by atoms with van der Waals surface area (Å²) in [6, 6.07) is 23.1. The highest BCUT2D eigenvalue weighted by Gasteiger charge is 2.17. The molecule has 1 amide bonds. The first-order valence-corrected chi connectivity index (χ1v) is 10.9. The number of aromatic nitrogens is 1. The van der Waals surface area contributed by atoms with Crippen molar-refractivity contribution in [2.24, 2.45) is 0 Å². The largest absolute Gasteiger partial charge is 0.452 e. The van der Waals surface area contributed by atoms with Gasteiger partial charge in [-0.3, -0.25) is 9.59 Å². The summed E-state index contributed by atoms with van der Waals surface area (Å²) in [5, 5.41) is 3.28. The fraction of sp³-hybridized carbons (Fsp3) is 0.0769. The Bertz CT molecular complexity index is 1370. The Hall–Kier alpha value is -3.84. The number of nitrogens with zero attached hydrogens (tertiary/aromatic N) is 1. The second-order valence-electron chi connectivity index (χ2n) is 7.34. The number of hydrogen-bond donors (Lipinski definition) is 1. The number of hydrogen-bond acceptors (Lipinski definition) is 5. The molecule has 3 aromatic carbocycles. The summed E-state index contributed by atoms with van der Waals surface area (Å²) in [5.74, 6) is -1.24. The van der Waals surface area contributed by atoms with Crippen LogP contribution in [0.1, 0.15) is 27.6 Å². The molecule has 1 heterocycles. The predicted octanol–water partition coefficient (Wildman–Crippen LogP) is 5.66. The molecule has 0 bridgehead atoms. The van der Waals surface area contributed by atoms with E-state index in [1.165, 1.54) is 6.92 Å². The highest BCUT2D eigenvalue weighted by Crippen LogP contribution is 2.26. The van der Waals surface area contributed by atoms with Gasteiger partial charge in [0.2, 0.25) is 0 Å². The van der Waals surface area contributed by atoms with Crippen LogP contribution in [0.5, 0.6) is 0 Å².